The summed E-state index contributed by atoms with van der Waals surface area (Å²) in [6.45, 7) is 4.05. The summed E-state index contributed by atoms with van der Waals surface area (Å²) in [5.74, 6) is 1.89. The third-order valence-corrected chi connectivity index (χ3v) is 7.18. The van der Waals surface area contributed by atoms with Crippen molar-refractivity contribution in [2.75, 3.05) is 30.0 Å². The first-order valence-corrected chi connectivity index (χ1v) is 13.0. The van der Waals surface area contributed by atoms with E-state index in [1.807, 2.05) is 65.3 Å². The predicted octanol–water partition coefficient (Wildman–Crippen LogP) is 4.40. The van der Waals surface area contributed by atoms with Crippen LogP contribution in [0.25, 0.3) is 0 Å². The Balaban J connectivity index is 1.18. The number of carbonyl (C=O) groups is 2. The molecule has 0 N–H and O–H groups in total. The largest absolute Gasteiger partial charge is 0.493 e. The third-order valence-electron chi connectivity index (χ3n) is 7.18. The van der Waals surface area contributed by atoms with E-state index < -0.39 is 0 Å². The SMILES string of the molecule is CCN1c2ncc(CCOc3cccc4c3CN(Cc3ccncc3)C4=O)cc2C(=O)N(C)c2cccnc21. The number of benzene rings is 1. The maximum atomic E-state index is 13.4. The lowest BCUT2D eigenvalue weighted by molar-refractivity contribution is 0.0766. The lowest BCUT2D eigenvalue weighted by atomic mass is 10.1. The third kappa shape index (κ3) is 4.46. The van der Waals surface area contributed by atoms with Crippen molar-refractivity contribution in [3.05, 3.63) is 101 Å². The van der Waals surface area contributed by atoms with Crippen LogP contribution in [0.1, 0.15) is 44.3 Å². The van der Waals surface area contributed by atoms with Gasteiger partial charge in [0.2, 0.25) is 0 Å². The molecule has 0 atom stereocenters. The average Bonchev–Trinajstić information content (AvgIpc) is 3.25. The summed E-state index contributed by atoms with van der Waals surface area (Å²) in [6.07, 6.45) is 7.54. The van der Waals surface area contributed by atoms with Crippen LogP contribution in [0.2, 0.25) is 0 Å². The molecule has 0 saturated heterocycles. The van der Waals surface area contributed by atoms with Gasteiger partial charge in [-0.15, -0.1) is 0 Å². The summed E-state index contributed by atoms with van der Waals surface area (Å²) in [6, 6.07) is 15.1. The first-order valence-electron chi connectivity index (χ1n) is 13.0. The molecule has 5 heterocycles. The highest BCUT2D eigenvalue weighted by atomic mass is 16.5. The number of nitrogens with zero attached hydrogens (tertiary/aromatic N) is 6. The van der Waals surface area contributed by atoms with Crippen LogP contribution in [0.4, 0.5) is 17.3 Å². The minimum atomic E-state index is -0.126. The van der Waals surface area contributed by atoms with Crippen LogP contribution in [0.5, 0.6) is 5.75 Å². The van der Waals surface area contributed by atoms with Crippen LogP contribution in [-0.4, -0.2) is 51.9 Å². The zero-order valence-electron chi connectivity index (χ0n) is 21.9. The van der Waals surface area contributed by atoms with Gasteiger partial charge in [-0.1, -0.05) is 6.07 Å². The zero-order valence-corrected chi connectivity index (χ0v) is 21.9. The molecular formula is C30H28N6O3. The van der Waals surface area contributed by atoms with E-state index in [1.54, 1.807) is 36.7 Å². The van der Waals surface area contributed by atoms with Gasteiger partial charge in [-0.2, -0.15) is 0 Å². The number of aromatic nitrogens is 3. The normalized spacial score (nSPS) is 14.2. The number of carbonyl (C=O) groups excluding carboxylic acids is 2. The van der Waals surface area contributed by atoms with Crippen LogP contribution in [0.3, 0.4) is 0 Å². The second kappa shape index (κ2) is 10.2. The molecule has 1 aromatic carbocycles. The van der Waals surface area contributed by atoms with Gasteiger partial charge in [0, 0.05) is 62.5 Å². The molecule has 0 bridgehead atoms. The van der Waals surface area contributed by atoms with E-state index in [4.69, 9.17) is 4.74 Å². The Morgan fingerprint density at radius 2 is 1.74 bits per heavy atom. The minimum absolute atomic E-state index is 0.000751. The Labute approximate surface area is 226 Å². The number of rotatable bonds is 7. The van der Waals surface area contributed by atoms with Crippen LogP contribution in [0.15, 0.2) is 73.3 Å². The maximum Gasteiger partial charge on any atom is 0.261 e. The molecule has 6 rings (SSSR count). The molecule has 9 heteroatoms. The fourth-order valence-corrected chi connectivity index (χ4v) is 5.17. The molecule has 2 aliphatic heterocycles. The molecule has 4 aromatic rings. The summed E-state index contributed by atoms with van der Waals surface area (Å²) in [5, 5.41) is 0. The van der Waals surface area contributed by atoms with Gasteiger partial charge in [-0.05, 0) is 60.5 Å². The quantitative estimate of drug-likeness (QED) is 0.357. The molecule has 0 saturated carbocycles. The topological polar surface area (TPSA) is 91.8 Å². The van der Waals surface area contributed by atoms with Gasteiger partial charge in [0.05, 0.1) is 24.4 Å². The maximum absolute atomic E-state index is 13.4. The Morgan fingerprint density at radius 3 is 2.56 bits per heavy atom. The van der Waals surface area contributed by atoms with Crippen LogP contribution in [0, 0.1) is 0 Å². The van der Waals surface area contributed by atoms with Crippen molar-refractivity contribution in [2.45, 2.75) is 26.4 Å². The number of ether oxygens (including phenoxy) is 1. The van der Waals surface area contributed by atoms with Crippen LogP contribution >= 0.6 is 0 Å². The first-order chi connectivity index (χ1) is 19.0. The molecule has 0 fully saturated rings. The molecule has 0 spiro atoms. The number of anilines is 3. The van der Waals surface area contributed by atoms with Gasteiger partial charge in [-0.3, -0.25) is 14.6 Å². The number of pyridine rings is 3. The van der Waals surface area contributed by atoms with Gasteiger partial charge in [0.25, 0.3) is 11.8 Å². The number of fused-ring (bicyclic) bond motifs is 3. The molecule has 0 radical (unpaired) electrons. The minimum Gasteiger partial charge on any atom is -0.493 e. The van der Waals surface area contributed by atoms with E-state index in [-0.39, 0.29) is 11.8 Å². The molecule has 9 nitrogen and oxygen atoms in total. The van der Waals surface area contributed by atoms with Crippen LogP contribution < -0.4 is 14.5 Å². The molecule has 3 aromatic heterocycles. The highest BCUT2D eigenvalue weighted by Gasteiger charge is 2.31. The average molecular weight is 521 g/mol. The first kappa shape index (κ1) is 24.5. The molecule has 2 aliphatic rings. The Hall–Kier alpha value is -4.79. The van der Waals surface area contributed by atoms with E-state index >= 15 is 0 Å². The second-order valence-corrected chi connectivity index (χ2v) is 9.57. The summed E-state index contributed by atoms with van der Waals surface area (Å²) < 4.78 is 6.18. The van der Waals surface area contributed by atoms with E-state index in [2.05, 4.69) is 15.0 Å². The molecule has 0 aliphatic carbocycles. The fourth-order valence-electron chi connectivity index (χ4n) is 5.17. The highest BCUT2D eigenvalue weighted by Crippen LogP contribution is 2.37. The van der Waals surface area contributed by atoms with Crippen molar-refractivity contribution in [1.29, 1.82) is 0 Å². The van der Waals surface area contributed by atoms with Crippen LogP contribution in [-0.2, 0) is 19.5 Å². The summed E-state index contributed by atoms with van der Waals surface area (Å²) >= 11 is 0. The lowest BCUT2D eigenvalue weighted by Gasteiger charge is -2.22. The monoisotopic (exact) mass is 520 g/mol. The van der Waals surface area contributed by atoms with Crippen molar-refractivity contribution < 1.29 is 14.3 Å². The van der Waals surface area contributed by atoms with Gasteiger partial charge in [0.1, 0.15) is 11.6 Å². The molecule has 2 amide bonds. The van der Waals surface area contributed by atoms with Crippen molar-refractivity contribution >= 4 is 29.1 Å². The Kier molecular flexibility index (Phi) is 6.40. The Morgan fingerprint density at radius 1 is 0.897 bits per heavy atom. The van der Waals surface area contributed by atoms with Crippen molar-refractivity contribution in [3.63, 3.8) is 0 Å². The summed E-state index contributed by atoms with van der Waals surface area (Å²) in [7, 11) is 1.76. The van der Waals surface area contributed by atoms with Crippen molar-refractivity contribution in [3.8, 4) is 5.75 Å². The second-order valence-electron chi connectivity index (χ2n) is 9.57. The van der Waals surface area contributed by atoms with Crippen molar-refractivity contribution in [1.82, 2.24) is 19.9 Å². The van der Waals surface area contributed by atoms with E-state index in [1.165, 1.54) is 0 Å². The summed E-state index contributed by atoms with van der Waals surface area (Å²) in [5.41, 5.74) is 4.79. The number of hydrogen-bond donors (Lipinski definition) is 0. The fraction of sp³-hybridized carbons (Fsp3) is 0.233. The van der Waals surface area contributed by atoms with E-state index in [9.17, 15) is 9.59 Å². The van der Waals surface area contributed by atoms with Gasteiger partial charge in [0.15, 0.2) is 5.82 Å². The zero-order chi connectivity index (χ0) is 26.9. The Bertz CT molecular complexity index is 1560. The standard InChI is InChI=1S/C30H28N6O3/c1-3-36-27-23(29(37)34(2)25-7-5-12-32-28(25)36)16-21(17-33-27)11-15-39-26-8-4-6-22-24(26)19-35(30(22)38)18-20-9-13-31-14-10-20/h4-10,12-14,16-17H,3,11,15,18-19H2,1-2H3. The van der Waals surface area contributed by atoms with Gasteiger partial charge < -0.3 is 19.4 Å². The van der Waals surface area contributed by atoms with Gasteiger partial charge >= 0.3 is 0 Å². The lowest BCUT2D eigenvalue weighted by Crippen LogP contribution is -2.25. The highest BCUT2D eigenvalue weighted by molar-refractivity contribution is 6.12. The van der Waals surface area contributed by atoms with Gasteiger partial charge in [-0.25, -0.2) is 9.97 Å². The van der Waals surface area contributed by atoms with E-state index in [0.717, 1.165) is 22.4 Å². The number of amides is 2. The summed E-state index contributed by atoms with van der Waals surface area (Å²) in [4.78, 5) is 45.1. The molecule has 39 heavy (non-hydrogen) atoms. The van der Waals surface area contributed by atoms with E-state index in [0.29, 0.717) is 61.2 Å². The molecule has 0 unspecified atom stereocenters. The van der Waals surface area contributed by atoms with Crippen molar-refractivity contribution in [2.24, 2.45) is 0 Å². The predicted molar refractivity (Wildman–Crippen MR) is 147 cm³/mol. The molecular weight excluding hydrogens is 492 g/mol. The number of hydrogen-bond acceptors (Lipinski definition) is 7. The smallest absolute Gasteiger partial charge is 0.261 e. The molecule has 196 valence electrons.